The molecule has 0 aromatic carbocycles. The van der Waals surface area contributed by atoms with Gasteiger partial charge >= 0.3 is 0 Å². The summed E-state index contributed by atoms with van der Waals surface area (Å²) in [5, 5.41) is 3.30. The highest BCUT2D eigenvalue weighted by molar-refractivity contribution is 5.75. The van der Waals surface area contributed by atoms with Gasteiger partial charge < -0.3 is 15.0 Å². The standard InChI is InChI=1S/C11H22N2O2/c1-13(2)11(14)6-4-8-15-10-5-3-7-12-9-10/h10,12H,3-9H2,1-2H3. The molecular weight excluding hydrogens is 192 g/mol. The molecule has 1 aliphatic heterocycles. The van der Waals surface area contributed by atoms with Crippen LogP contribution in [-0.4, -0.2) is 50.7 Å². The summed E-state index contributed by atoms with van der Waals surface area (Å²) >= 11 is 0. The largest absolute Gasteiger partial charge is 0.377 e. The van der Waals surface area contributed by atoms with Gasteiger partial charge in [-0.15, -0.1) is 0 Å². The molecule has 1 rings (SSSR count). The summed E-state index contributed by atoms with van der Waals surface area (Å²) in [5.41, 5.74) is 0. The highest BCUT2D eigenvalue weighted by Gasteiger charge is 2.12. The summed E-state index contributed by atoms with van der Waals surface area (Å²) in [7, 11) is 3.57. The van der Waals surface area contributed by atoms with Crippen molar-refractivity contribution in [3.8, 4) is 0 Å². The summed E-state index contributed by atoms with van der Waals surface area (Å²) < 4.78 is 5.68. The van der Waals surface area contributed by atoms with Crippen molar-refractivity contribution in [2.75, 3.05) is 33.8 Å². The van der Waals surface area contributed by atoms with Gasteiger partial charge in [-0.25, -0.2) is 0 Å². The van der Waals surface area contributed by atoms with Crippen LogP contribution in [0.4, 0.5) is 0 Å². The highest BCUT2D eigenvalue weighted by Crippen LogP contribution is 2.06. The van der Waals surface area contributed by atoms with E-state index in [4.69, 9.17) is 4.74 Å². The Morgan fingerprint density at radius 3 is 2.93 bits per heavy atom. The number of nitrogens with one attached hydrogen (secondary N) is 1. The SMILES string of the molecule is CN(C)C(=O)CCCOC1CCCNC1. The minimum absolute atomic E-state index is 0.181. The molecule has 88 valence electrons. The van der Waals surface area contributed by atoms with Gasteiger partial charge in [0.25, 0.3) is 0 Å². The third kappa shape index (κ3) is 5.14. The Morgan fingerprint density at radius 1 is 1.53 bits per heavy atom. The van der Waals surface area contributed by atoms with Crippen LogP contribution in [-0.2, 0) is 9.53 Å². The van der Waals surface area contributed by atoms with Crippen molar-refractivity contribution in [2.24, 2.45) is 0 Å². The minimum Gasteiger partial charge on any atom is -0.377 e. The molecule has 0 saturated carbocycles. The fourth-order valence-electron chi connectivity index (χ4n) is 1.66. The Morgan fingerprint density at radius 2 is 2.33 bits per heavy atom. The molecule has 0 aromatic rings. The zero-order valence-corrected chi connectivity index (χ0v) is 9.79. The maximum Gasteiger partial charge on any atom is 0.222 e. The average Bonchev–Trinajstić information content (AvgIpc) is 2.25. The molecule has 1 unspecified atom stereocenters. The molecule has 4 nitrogen and oxygen atoms in total. The first-order chi connectivity index (χ1) is 7.20. The fraction of sp³-hybridized carbons (Fsp3) is 0.909. The number of carbonyl (C=O) groups excluding carboxylic acids is 1. The van der Waals surface area contributed by atoms with Crippen LogP contribution in [0, 0.1) is 0 Å². The number of amides is 1. The van der Waals surface area contributed by atoms with Gasteiger partial charge in [0.15, 0.2) is 0 Å². The first-order valence-electron chi connectivity index (χ1n) is 5.72. The Hall–Kier alpha value is -0.610. The monoisotopic (exact) mass is 214 g/mol. The summed E-state index contributed by atoms with van der Waals surface area (Å²) in [5.74, 6) is 0.181. The molecule has 1 atom stereocenters. The second kappa shape index (κ2) is 6.80. The van der Waals surface area contributed by atoms with Crippen molar-refractivity contribution in [2.45, 2.75) is 31.8 Å². The van der Waals surface area contributed by atoms with Gasteiger partial charge in [-0.3, -0.25) is 4.79 Å². The van der Waals surface area contributed by atoms with Gasteiger partial charge in [-0.2, -0.15) is 0 Å². The molecule has 1 N–H and O–H groups in total. The second-order valence-electron chi connectivity index (χ2n) is 4.23. The summed E-state index contributed by atoms with van der Waals surface area (Å²) in [4.78, 5) is 12.9. The molecule has 0 bridgehead atoms. The van der Waals surface area contributed by atoms with E-state index in [0.29, 0.717) is 19.1 Å². The van der Waals surface area contributed by atoms with Gasteiger partial charge in [0.2, 0.25) is 5.91 Å². The predicted molar refractivity (Wildman–Crippen MR) is 59.8 cm³/mol. The maximum absolute atomic E-state index is 11.3. The molecular formula is C11H22N2O2. The van der Waals surface area contributed by atoms with E-state index in [1.807, 2.05) is 0 Å². The molecule has 1 heterocycles. The van der Waals surface area contributed by atoms with Gasteiger partial charge in [0, 0.05) is 33.7 Å². The lowest BCUT2D eigenvalue weighted by atomic mass is 10.1. The van der Waals surface area contributed by atoms with Crippen LogP contribution in [0.15, 0.2) is 0 Å². The third-order valence-corrected chi connectivity index (χ3v) is 2.64. The quantitative estimate of drug-likeness (QED) is 0.682. The van der Waals surface area contributed by atoms with Crippen molar-refractivity contribution < 1.29 is 9.53 Å². The minimum atomic E-state index is 0.181. The van der Waals surface area contributed by atoms with E-state index < -0.39 is 0 Å². The van der Waals surface area contributed by atoms with Crippen molar-refractivity contribution in [3.63, 3.8) is 0 Å². The van der Waals surface area contributed by atoms with E-state index in [2.05, 4.69) is 5.32 Å². The Balaban J connectivity index is 1.98. The Kier molecular flexibility index (Phi) is 5.65. The van der Waals surface area contributed by atoms with E-state index in [1.54, 1.807) is 19.0 Å². The normalized spacial score (nSPS) is 21.3. The lowest BCUT2D eigenvalue weighted by Gasteiger charge is -2.23. The van der Waals surface area contributed by atoms with E-state index in [1.165, 1.54) is 6.42 Å². The van der Waals surface area contributed by atoms with E-state index in [9.17, 15) is 4.79 Å². The maximum atomic E-state index is 11.3. The Bertz CT molecular complexity index is 189. The topological polar surface area (TPSA) is 41.6 Å². The molecule has 1 fully saturated rings. The van der Waals surface area contributed by atoms with Crippen molar-refractivity contribution in [3.05, 3.63) is 0 Å². The number of hydrogen-bond acceptors (Lipinski definition) is 3. The lowest BCUT2D eigenvalue weighted by molar-refractivity contribution is -0.129. The molecule has 15 heavy (non-hydrogen) atoms. The van der Waals surface area contributed by atoms with Gasteiger partial charge in [-0.1, -0.05) is 0 Å². The van der Waals surface area contributed by atoms with Crippen molar-refractivity contribution in [1.29, 1.82) is 0 Å². The summed E-state index contributed by atoms with van der Waals surface area (Å²) in [6.45, 7) is 2.77. The molecule has 0 aromatic heterocycles. The number of piperidine rings is 1. The van der Waals surface area contributed by atoms with Crippen LogP contribution in [0.5, 0.6) is 0 Å². The predicted octanol–water partition coefficient (Wildman–Crippen LogP) is 0.623. The average molecular weight is 214 g/mol. The third-order valence-electron chi connectivity index (χ3n) is 2.64. The van der Waals surface area contributed by atoms with Gasteiger partial charge in [-0.05, 0) is 25.8 Å². The Labute approximate surface area is 92.0 Å². The van der Waals surface area contributed by atoms with E-state index >= 15 is 0 Å². The van der Waals surface area contributed by atoms with Crippen LogP contribution in [0.3, 0.4) is 0 Å². The fourth-order valence-corrected chi connectivity index (χ4v) is 1.66. The first kappa shape index (κ1) is 12.5. The molecule has 0 aliphatic carbocycles. The van der Waals surface area contributed by atoms with E-state index in [0.717, 1.165) is 25.9 Å². The lowest BCUT2D eigenvalue weighted by Crippen LogP contribution is -2.35. The molecule has 0 spiro atoms. The second-order valence-corrected chi connectivity index (χ2v) is 4.23. The highest BCUT2D eigenvalue weighted by atomic mass is 16.5. The molecule has 1 aliphatic rings. The van der Waals surface area contributed by atoms with Gasteiger partial charge in [0.05, 0.1) is 6.10 Å². The number of ether oxygens (including phenoxy) is 1. The van der Waals surface area contributed by atoms with Crippen LogP contribution >= 0.6 is 0 Å². The van der Waals surface area contributed by atoms with Crippen molar-refractivity contribution in [1.82, 2.24) is 10.2 Å². The van der Waals surface area contributed by atoms with Crippen LogP contribution < -0.4 is 5.32 Å². The number of nitrogens with zero attached hydrogens (tertiary/aromatic N) is 1. The molecule has 1 amide bonds. The first-order valence-corrected chi connectivity index (χ1v) is 5.72. The summed E-state index contributed by atoms with van der Waals surface area (Å²) in [6.07, 6.45) is 4.12. The zero-order valence-electron chi connectivity index (χ0n) is 9.79. The van der Waals surface area contributed by atoms with E-state index in [-0.39, 0.29) is 5.91 Å². The number of rotatable bonds is 5. The van der Waals surface area contributed by atoms with Crippen LogP contribution in [0.2, 0.25) is 0 Å². The van der Waals surface area contributed by atoms with Crippen LogP contribution in [0.25, 0.3) is 0 Å². The number of hydrogen-bond donors (Lipinski definition) is 1. The zero-order chi connectivity index (χ0) is 11.1. The van der Waals surface area contributed by atoms with Crippen molar-refractivity contribution >= 4 is 5.91 Å². The molecule has 1 saturated heterocycles. The van der Waals surface area contributed by atoms with Gasteiger partial charge in [0.1, 0.15) is 0 Å². The molecule has 4 heteroatoms. The molecule has 0 radical (unpaired) electrons. The van der Waals surface area contributed by atoms with Crippen LogP contribution in [0.1, 0.15) is 25.7 Å². The smallest absolute Gasteiger partial charge is 0.222 e. The number of carbonyl (C=O) groups is 1. The summed E-state index contributed by atoms with van der Waals surface area (Å²) in [6, 6.07) is 0.